The van der Waals surface area contributed by atoms with Crippen LogP contribution in [0.2, 0.25) is 0 Å². The molecule has 1 N–H and O–H groups in total. The summed E-state index contributed by atoms with van der Waals surface area (Å²) in [6.07, 6.45) is 1.70. The Hall–Kier alpha value is -2.10. The van der Waals surface area contributed by atoms with E-state index in [4.69, 9.17) is 0 Å². The zero-order valence-electron chi connectivity index (χ0n) is 14.3. The van der Waals surface area contributed by atoms with Crippen LogP contribution in [-0.2, 0) is 16.0 Å². The smallest absolute Gasteiger partial charge is 0.290 e. The number of nitrogens with zero attached hydrogens (tertiary/aromatic N) is 1. The highest BCUT2D eigenvalue weighted by atomic mass is 16.3. The van der Waals surface area contributed by atoms with Crippen LogP contribution in [0.3, 0.4) is 0 Å². The number of carbonyl (C=O) groups is 2. The van der Waals surface area contributed by atoms with Crippen molar-refractivity contribution in [3.05, 3.63) is 46.7 Å². The molecule has 0 aromatic heterocycles. The molecule has 1 unspecified atom stereocenters. The van der Waals surface area contributed by atoms with Crippen molar-refractivity contribution < 1.29 is 14.7 Å². The molecule has 4 nitrogen and oxygen atoms in total. The molecule has 2 rings (SSSR count). The molecular formula is C19H25NO3. The first-order chi connectivity index (χ1) is 10.9. The van der Waals surface area contributed by atoms with E-state index in [1.54, 1.807) is 18.7 Å². The Kier molecular flexibility index (Phi) is 5.24. The summed E-state index contributed by atoms with van der Waals surface area (Å²) in [5.74, 6) is -1.26. The highest BCUT2D eigenvalue weighted by molar-refractivity contribution is 6.09. The summed E-state index contributed by atoms with van der Waals surface area (Å²) >= 11 is 0. The number of aliphatic hydroxyl groups excluding tert-OH is 1. The number of carbonyl (C=O) groups excluding carboxylic acids is 2. The number of aliphatic hydroxyl groups is 1. The minimum Gasteiger partial charge on any atom is -0.503 e. The summed E-state index contributed by atoms with van der Waals surface area (Å²) in [6.45, 7) is 8.14. The molecule has 0 saturated heterocycles. The number of benzene rings is 1. The van der Waals surface area contributed by atoms with E-state index in [0.717, 1.165) is 18.4 Å². The van der Waals surface area contributed by atoms with Crippen molar-refractivity contribution in [3.63, 3.8) is 0 Å². The molecule has 0 radical (unpaired) electrons. The average molecular weight is 315 g/mol. The first kappa shape index (κ1) is 17.3. The van der Waals surface area contributed by atoms with E-state index in [2.05, 4.69) is 6.92 Å². The molecular weight excluding hydrogens is 290 g/mol. The number of Topliss-reactive ketones (excluding diaryl/α,β-unsaturated/α-hetero) is 1. The second kappa shape index (κ2) is 6.99. The van der Waals surface area contributed by atoms with Crippen LogP contribution in [0, 0.1) is 5.92 Å². The Morgan fingerprint density at radius 1 is 1.22 bits per heavy atom. The van der Waals surface area contributed by atoms with Crippen molar-refractivity contribution in [1.29, 1.82) is 0 Å². The van der Waals surface area contributed by atoms with Gasteiger partial charge in [-0.2, -0.15) is 0 Å². The molecule has 0 bridgehead atoms. The molecule has 1 aliphatic heterocycles. The monoisotopic (exact) mass is 315 g/mol. The third-order valence-corrected chi connectivity index (χ3v) is 4.26. The summed E-state index contributed by atoms with van der Waals surface area (Å²) < 4.78 is 0. The van der Waals surface area contributed by atoms with Gasteiger partial charge in [-0.25, -0.2) is 0 Å². The van der Waals surface area contributed by atoms with Gasteiger partial charge in [0, 0.05) is 12.5 Å². The SMILES string of the molecule is CCCN1C(=O)C(O)=C(C(=O)C(C)C)C1c1ccc(CC)cc1. The fourth-order valence-electron chi connectivity index (χ4n) is 2.97. The highest BCUT2D eigenvalue weighted by Gasteiger charge is 2.43. The van der Waals surface area contributed by atoms with E-state index in [9.17, 15) is 14.7 Å². The number of hydrogen-bond donors (Lipinski definition) is 1. The average Bonchev–Trinajstić information content (AvgIpc) is 2.79. The van der Waals surface area contributed by atoms with Crippen LogP contribution in [0.25, 0.3) is 0 Å². The Morgan fingerprint density at radius 3 is 2.30 bits per heavy atom. The normalized spacial score (nSPS) is 18.2. The van der Waals surface area contributed by atoms with Crippen LogP contribution in [0.4, 0.5) is 0 Å². The van der Waals surface area contributed by atoms with Gasteiger partial charge in [-0.05, 0) is 24.0 Å². The zero-order valence-corrected chi connectivity index (χ0v) is 14.3. The fraction of sp³-hybridized carbons (Fsp3) is 0.474. The summed E-state index contributed by atoms with van der Waals surface area (Å²) in [7, 11) is 0. The van der Waals surface area contributed by atoms with Crippen molar-refractivity contribution >= 4 is 11.7 Å². The number of aryl methyl sites for hydroxylation is 1. The maximum atomic E-state index is 12.6. The molecule has 0 spiro atoms. The van der Waals surface area contributed by atoms with Crippen molar-refractivity contribution in [1.82, 2.24) is 4.90 Å². The van der Waals surface area contributed by atoms with Crippen LogP contribution < -0.4 is 0 Å². The largest absolute Gasteiger partial charge is 0.503 e. The van der Waals surface area contributed by atoms with E-state index in [-0.39, 0.29) is 23.0 Å². The van der Waals surface area contributed by atoms with Crippen molar-refractivity contribution in [2.24, 2.45) is 5.92 Å². The van der Waals surface area contributed by atoms with Gasteiger partial charge >= 0.3 is 0 Å². The third-order valence-electron chi connectivity index (χ3n) is 4.26. The summed E-state index contributed by atoms with van der Waals surface area (Å²) in [6, 6.07) is 7.44. The number of hydrogen-bond acceptors (Lipinski definition) is 3. The van der Waals surface area contributed by atoms with E-state index in [1.165, 1.54) is 5.56 Å². The quantitative estimate of drug-likeness (QED) is 0.873. The predicted octanol–water partition coefficient (Wildman–Crippen LogP) is 3.58. The van der Waals surface area contributed by atoms with Crippen LogP contribution in [0.15, 0.2) is 35.6 Å². The van der Waals surface area contributed by atoms with Gasteiger partial charge in [0.25, 0.3) is 5.91 Å². The number of ketones is 1. The van der Waals surface area contributed by atoms with E-state index in [0.29, 0.717) is 6.54 Å². The van der Waals surface area contributed by atoms with Gasteiger partial charge in [0.2, 0.25) is 0 Å². The lowest BCUT2D eigenvalue weighted by molar-refractivity contribution is -0.129. The molecule has 0 fully saturated rings. The molecule has 0 saturated carbocycles. The predicted molar refractivity (Wildman–Crippen MR) is 90.1 cm³/mol. The van der Waals surface area contributed by atoms with Crippen molar-refractivity contribution in [3.8, 4) is 0 Å². The van der Waals surface area contributed by atoms with Crippen LogP contribution in [-0.4, -0.2) is 28.2 Å². The standard InChI is InChI=1S/C19H25NO3/c1-5-11-20-16(14-9-7-13(6-2)8-10-14)15(17(21)12(3)4)18(22)19(20)23/h7-10,12,16,22H,5-6,11H2,1-4H3. The van der Waals surface area contributed by atoms with Gasteiger partial charge < -0.3 is 10.0 Å². The van der Waals surface area contributed by atoms with E-state index < -0.39 is 11.9 Å². The first-order valence-electron chi connectivity index (χ1n) is 8.29. The number of rotatable bonds is 6. The molecule has 1 heterocycles. The number of amides is 1. The van der Waals surface area contributed by atoms with Gasteiger partial charge in [-0.15, -0.1) is 0 Å². The molecule has 4 heteroatoms. The Bertz CT molecular complexity index is 629. The van der Waals surface area contributed by atoms with Gasteiger partial charge in [0.1, 0.15) is 0 Å². The third kappa shape index (κ3) is 3.16. The molecule has 1 amide bonds. The van der Waals surface area contributed by atoms with Crippen LogP contribution in [0.5, 0.6) is 0 Å². The van der Waals surface area contributed by atoms with Crippen molar-refractivity contribution in [2.45, 2.75) is 46.6 Å². The fourth-order valence-corrected chi connectivity index (χ4v) is 2.97. The maximum Gasteiger partial charge on any atom is 0.290 e. The Balaban J connectivity index is 2.51. The van der Waals surface area contributed by atoms with Crippen molar-refractivity contribution in [2.75, 3.05) is 6.54 Å². The minimum atomic E-state index is -0.483. The molecule has 1 atom stereocenters. The first-order valence-corrected chi connectivity index (χ1v) is 8.29. The molecule has 1 aliphatic rings. The highest BCUT2D eigenvalue weighted by Crippen LogP contribution is 2.38. The lowest BCUT2D eigenvalue weighted by Crippen LogP contribution is -2.32. The molecule has 1 aromatic carbocycles. The molecule has 0 aliphatic carbocycles. The molecule has 1 aromatic rings. The maximum absolute atomic E-state index is 12.6. The van der Waals surface area contributed by atoms with E-state index >= 15 is 0 Å². The minimum absolute atomic E-state index is 0.168. The molecule has 23 heavy (non-hydrogen) atoms. The zero-order chi connectivity index (χ0) is 17.1. The molecule has 124 valence electrons. The Morgan fingerprint density at radius 2 is 1.83 bits per heavy atom. The lowest BCUT2D eigenvalue weighted by atomic mass is 9.91. The summed E-state index contributed by atoms with van der Waals surface area (Å²) in [5.41, 5.74) is 2.31. The summed E-state index contributed by atoms with van der Waals surface area (Å²) in [4.78, 5) is 26.6. The van der Waals surface area contributed by atoms with Crippen LogP contribution >= 0.6 is 0 Å². The van der Waals surface area contributed by atoms with Gasteiger partial charge in [0.15, 0.2) is 11.5 Å². The van der Waals surface area contributed by atoms with Crippen LogP contribution in [0.1, 0.15) is 51.3 Å². The van der Waals surface area contributed by atoms with Gasteiger partial charge in [0.05, 0.1) is 11.6 Å². The Labute approximate surface area is 137 Å². The second-order valence-electron chi connectivity index (χ2n) is 6.28. The topological polar surface area (TPSA) is 57.6 Å². The second-order valence-corrected chi connectivity index (χ2v) is 6.28. The van der Waals surface area contributed by atoms with E-state index in [1.807, 2.05) is 31.2 Å². The summed E-state index contributed by atoms with van der Waals surface area (Å²) in [5, 5.41) is 10.3. The van der Waals surface area contributed by atoms with Gasteiger partial charge in [-0.3, -0.25) is 9.59 Å². The van der Waals surface area contributed by atoms with Gasteiger partial charge in [-0.1, -0.05) is 52.0 Å². The lowest BCUT2D eigenvalue weighted by Gasteiger charge is -2.27.